The number of aromatic nitrogens is 3. The molecule has 0 saturated heterocycles. The molecule has 0 atom stereocenters. The molecule has 1 amide bonds. The SMILES string of the molecule is O=C(NCCCSCc1ccco1)c1cnc(-c2ccncc2)nc1. The summed E-state index contributed by atoms with van der Waals surface area (Å²) in [5, 5.41) is 2.89. The average Bonchev–Trinajstić information content (AvgIpc) is 3.19. The molecule has 0 fully saturated rings. The van der Waals surface area contributed by atoms with E-state index in [-0.39, 0.29) is 5.91 Å². The van der Waals surface area contributed by atoms with Gasteiger partial charge in [-0.25, -0.2) is 9.97 Å². The minimum absolute atomic E-state index is 0.155. The van der Waals surface area contributed by atoms with E-state index in [2.05, 4.69) is 20.3 Å². The van der Waals surface area contributed by atoms with Crippen molar-refractivity contribution in [3.05, 3.63) is 66.6 Å². The van der Waals surface area contributed by atoms with Gasteiger partial charge >= 0.3 is 0 Å². The first-order valence-electron chi connectivity index (χ1n) is 7.94. The van der Waals surface area contributed by atoms with Crippen molar-refractivity contribution >= 4 is 17.7 Å². The number of hydrogen-bond donors (Lipinski definition) is 1. The lowest BCUT2D eigenvalue weighted by Crippen LogP contribution is -2.25. The van der Waals surface area contributed by atoms with Crippen LogP contribution in [-0.2, 0) is 5.75 Å². The zero-order valence-corrected chi connectivity index (χ0v) is 14.4. The van der Waals surface area contributed by atoms with Crippen molar-refractivity contribution in [1.82, 2.24) is 20.3 Å². The van der Waals surface area contributed by atoms with E-state index >= 15 is 0 Å². The highest BCUT2D eigenvalue weighted by Gasteiger charge is 2.07. The van der Waals surface area contributed by atoms with Gasteiger partial charge in [-0.2, -0.15) is 11.8 Å². The number of pyridine rings is 1. The molecule has 1 N–H and O–H groups in total. The number of nitrogens with one attached hydrogen (secondary N) is 1. The van der Waals surface area contributed by atoms with Gasteiger partial charge in [0.2, 0.25) is 0 Å². The molecule has 0 aromatic carbocycles. The van der Waals surface area contributed by atoms with Gasteiger partial charge in [0.05, 0.1) is 17.6 Å². The molecule has 0 spiro atoms. The molecular weight excluding hydrogens is 336 g/mol. The van der Waals surface area contributed by atoms with E-state index < -0.39 is 0 Å². The molecule has 7 heteroatoms. The lowest BCUT2D eigenvalue weighted by atomic mass is 10.2. The van der Waals surface area contributed by atoms with Crippen LogP contribution in [0.4, 0.5) is 0 Å². The molecule has 0 unspecified atom stereocenters. The quantitative estimate of drug-likeness (QED) is 0.626. The summed E-state index contributed by atoms with van der Waals surface area (Å²) in [5.74, 6) is 3.20. The first-order valence-corrected chi connectivity index (χ1v) is 9.09. The van der Waals surface area contributed by atoms with Gasteiger partial charge in [0.1, 0.15) is 5.76 Å². The van der Waals surface area contributed by atoms with Crippen LogP contribution in [0.25, 0.3) is 11.4 Å². The van der Waals surface area contributed by atoms with E-state index in [0.717, 1.165) is 29.3 Å². The first kappa shape index (κ1) is 17.2. The Hall–Kier alpha value is -2.67. The molecule has 6 nitrogen and oxygen atoms in total. The third-order valence-electron chi connectivity index (χ3n) is 3.43. The van der Waals surface area contributed by atoms with E-state index in [0.29, 0.717) is 17.9 Å². The van der Waals surface area contributed by atoms with Gasteiger partial charge in [0, 0.05) is 36.9 Å². The van der Waals surface area contributed by atoms with Gasteiger partial charge in [0.25, 0.3) is 5.91 Å². The van der Waals surface area contributed by atoms with Crippen LogP contribution in [0.2, 0.25) is 0 Å². The maximum atomic E-state index is 12.1. The summed E-state index contributed by atoms with van der Waals surface area (Å²) >= 11 is 1.78. The number of nitrogens with zero attached hydrogens (tertiary/aromatic N) is 3. The van der Waals surface area contributed by atoms with Crippen molar-refractivity contribution in [2.45, 2.75) is 12.2 Å². The molecule has 25 heavy (non-hydrogen) atoms. The maximum Gasteiger partial charge on any atom is 0.254 e. The van der Waals surface area contributed by atoms with Crippen molar-refractivity contribution in [1.29, 1.82) is 0 Å². The second-order valence-corrected chi connectivity index (χ2v) is 6.38. The van der Waals surface area contributed by atoms with E-state index in [4.69, 9.17) is 4.42 Å². The summed E-state index contributed by atoms with van der Waals surface area (Å²) in [4.78, 5) is 24.5. The molecule has 3 rings (SSSR count). The predicted molar refractivity (Wildman–Crippen MR) is 97.1 cm³/mol. The third kappa shape index (κ3) is 5.15. The number of carbonyl (C=O) groups is 1. The second-order valence-electron chi connectivity index (χ2n) is 5.27. The second kappa shape index (κ2) is 8.98. The van der Waals surface area contributed by atoms with Gasteiger partial charge in [-0.05, 0) is 36.4 Å². The fourth-order valence-electron chi connectivity index (χ4n) is 2.14. The minimum Gasteiger partial charge on any atom is -0.468 e. The summed E-state index contributed by atoms with van der Waals surface area (Å²) in [7, 11) is 0. The number of amides is 1. The van der Waals surface area contributed by atoms with Crippen LogP contribution in [0.3, 0.4) is 0 Å². The molecular formula is C18H18N4O2S. The molecule has 3 aromatic heterocycles. The van der Waals surface area contributed by atoms with Crippen LogP contribution in [0.15, 0.2) is 59.7 Å². The fraction of sp³-hybridized carbons (Fsp3) is 0.222. The minimum atomic E-state index is -0.155. The zero-order chi connectivity index (χ0) is 17.3. The number of furan rings is 1. The lowest BCUT2D eigenvalue weighted by Gasteiger charge is -2.05. The summed E-state index contributed by atoms with van der Waals surface area (Å²) < 4.78 is 5.27. The average molecular weight is 354 g/mol. The Morgan fingerprint density at radius 1 is 1.16 bits per heavy atom. The van der Waals surface area contributed by atoms with E-state index in [1.54, 1.807) is 42.8 Å². The Morgan fingerprint density at radius 2 is 1.96 bits per heavy atom. The van der Waals surface area contributed by atoms with Gasteiger partial charge in [-0.1, -0.05) is 0 Å². The topological polar surface area (TPSA) is 80.9 Å². The molecule has 0 bridgehead atoms. The Kier molecular flexibility index (Phi) is 6.17. The normalized spacial score (nSPS) is 10.6. The molecule has 0 radical (unpaired) electrons. The lowest BCUT2D eigenvalue weighted by molar-refractivity contribution is 0.0953. The Bertz CT molecular complexity index is 777. The molecule has 0 aliphatic heterocycles. The molecule has 0 aliphatic rings. The molecule has 3 aromatic rings. The van der Waals surface area contributed by atoms with Crippen molar-refractivity contribution in [2.24, 2.45) is 0 Å². The van der Waals surface area contributed by atoms with E-state index in [1.807, 2.05) is 24.3 Å². The monoisotopic (exact) mass is 354 g/mol. The van der Waals surface area contributed by atoms with Crippen molar-refractivity contribution in [3.63, 3.8) is 0 Å². The van der Waals surface area contributed by atoms with Gasteiger partial charge in [0.15, 0.2) is 5.82 Å². The molecule has 0 aliphatic carbocycles. The van der Waals surface area contributed by atoms with Crippen molar-refractivity contribution in [2.75, 3.05) is 12.3 Å². The third-order valence-corrected chi connectivity index (χ3v) is 4.49. The van der Waals surface area contributed by atoms with Crippen LogP contribution in [0, 0.1) is 0 Å². The van der Waals surface area contributed by atoms with E-state index in [9.17, 15) is 4.79 Å². The Labute approximate surface area is 150 Å². The largest absolute Gasteiger partial charge is 0.468 e. The maximum absolute atomic E-state index is 12.1. The molecule has 0 saturated carbocycles. The molecule has 3 heterocycles. The summed E-state index contributed by atoms with van der Waals surface area (Å²) in [5.41, 5.74) is 1.33. The Morgan fingerprint density at radius 3 is 2.68 bits per heavy atom. The van der Waals surface area contributed by atoms with Crippen molar-refractivity contribution < 1.29 is 9.21 Å². The first-order chi connectivity index (χ1) is 12.3. The summed E-state index contributed by atoms with van der Waals surface area (Å²) in [6.07, 6.45) is 9.03. The van der Waals surface area contributed by atoms with Gasteiger partial charge in [-0.3, -0.25) is 9.78 Å². The highest BCUT2D eigenvalue weighted by molar-refractivity contribution is 7.98. The van der Waals surface area contributed by atoms with Crippen LogP contribution in [-0.4, -0.2) is 33.2 Å². The van der Waals surface area contributed by atoms with E-state index in [1.165, 1.54) is 0 Å². The highest BCUT2D eigenvalue weighted by atomic mass is 32.2. The number of rotatable bonds is 8. The summed E-state index contributed by atoms with van der Waals surface area (Å²) in [6, 6.07) is 7.51. The van der Waals surface area contributed by atoms with Crippen LogP contribution < -0.4 is 5.32 Å². The molecule has 128 valence electrons. The number of hydrogen-bond acceptors (Lipinski definition) is 6. The van der Waals surface area contributed by atoms with Gasteiger partial charge in [-0.15, -0.1) is 0 Å². The zero-order valence-electron chi connectivity index (χ0n) is 13.6. The van der Waals surface area contributed by atoms with Crippen molar-refractivity contribution in [3.8, 4) is 11.4 Å². The standard InChI is InChI=1S/C18H18N4O2S/c23-18(20-6-2-10-25-13-16-3-1-9-24-16)15-11-21-17(22-12-15)14-4-7-19-8-5-14/h1,3-5,7-9,11-12H,2,6,10,13H2,(H,20,23). The highest BCUT2D eigenvalue weighted by Crippen LogP contribution is 2.13. The predicted octanol–water partition coefficient (Wildman–Crippen LogP) is 3.18. The summed E-state index contributed by atoms with van der Waals surface area (Å²) in [6.45, 7) is 0.621. The van der Waals surface area contributed by atoms with Crippen LogP contribution >= 0.6 is 11.8 Å². The number of carbonyl (C=O) groups excluding carboxylic acids is 1. The smallest absolute Gasteiger partial charge is 0.254 e. The fourth-order valence-corrected chi connectivity index (χ4v) is 3.00. The van der Waals surface area contributed by atoms with Gasteiger partial charge < -0.3 is 9.73 Å². The Balaban J connectivity index is 1.39. The van der Waals surface area contributed by atoms with Crippen LogP contribution in [0.1, 0.15) is 22.5 Å². The van der Waals surface area contributed by atoms with Crippen LogP contribution in [0.5, 0.6) is 0 Å². The number of thioether (sulfide) groups is 1.